The number of alkyl halides is 3. The first-order chi connectivity index (χ1) is 66.2. The van der Waals surface area contributed by atoms with Crippen LogP contribution in [0.2, 0.25) is 0 Å². The molecular weight excluding hydrogens is 1720 g/mol. The second-order valence-corrected chi connectivity index (χ2v) is 36.2. The Morgan fingerprint density at radius 3 is 1.13 bits per heavy atom. The fourth-order valence-electron chi connectivity index (χ4n) is 19.3. The molecule has 31 nitrogen and oxygen atoms in total. The number of methoxy groups -OCH3 is 1. The first-order valence-corrected chi connectivity index (χ1v) is 48.1. The molecule has 0 atom stereocenters. The number of nitrogens with one attached hydrogen (secondary N) is 3. The number of fused-ring (bicyclic) bond motifs is 4. The number of anilines is 8. The number of pyridine rings is 3. The number of aryl methyl sites for hydroxylation is 1. The average molecular weight is 1850 g/mol. The summed E-state index contributed by atoms with van der Waals surface area (Å²) in [7, 11) is 3.88. The molecule has 4 aliphatic carbocycles. The maximum Gasteiger partial charge on any atom is 0.433 e. The zero-order valence-electron chi connectivity index (χ0n) is 77.4. The molecule has 34 heteroatoms. The van der Waals surface area contributed by atoms with Crippen molar-refractivity contribution < 1.29 is 55.8 Å². The summed E-state index contributed by atoms with van der Waals surface area (Å²) in [6, 6.07) is 29.7. The minimum Gasteiger partial charge on any atom is -0.488 e. The van der Waals surface area contributed by atoms with Gasteiger partial charge < -0.3 is 88.0 Å². The Hall–Kier alpha value is -12.1. The fraction of sp³-hybridized carbons (Fsp3) is 0.495. The van der Waals surface area contributed by atoms with Crippen molar-refractivity contribution in [3.8, 4) is 23.0 Å². The Kier molecular flexibility index (Phi) is 31.5. The number of ether oxygens (including phenoxy) is 9. The minimum absolute atomic E-state index is 0.00216. The second kappa shape index (κ2) is 45.5. The van der Waals surface area contributed by atoms with E-state index in [1.165, 1.54) is 11.6 Å². The van der Waals surface area contributed by atoms with Gasteiger partial charge >= 0.3 is 6.18 Å². The topological polar surface area (TPSA) is 306 Å². The van der Waals surface area contributed by atoms with Gasteiger partial charge in [0.05, 0.1) is 124 Å². The first-order valence-electron chi connectivity index (χ1n) is 48.1. The molecule has 0 radical (unpaired) electrons. The first kappa shape index (κ1) is 93.3. The van der Waals surface area contributed by atoms with Gasteiger partial charge in [0.25, 0.3) is 0 Å². The third-order valence-electron chi connectivity index (χ3n) is 26.9. The molecule has 21 rings (SSSR count). The van der Waals surface area contributed by atoms with Crippen LogP contribution in [-0.2, 0) is 42.9 Å². The summed E-state index contributed by atoms with van der Waals surface area (Å²) in [6.07, 6.45) is 34.1. The summed E-state index contributed by atoms with van der Waals surface area (Å²) < 4.78 is 92.1. The number of nitrogens with zero attached hydrogens (tertiary/aromatic N) is 19. The fourth-order valence-corrected chi connectivity index (χ4v) is 19.3. The second-order valence-electron chi connectivity index (χ2n) is 36.2. The lowest BCUT2D eigenvalue weighted by Gasteiger charge is -2.33. The number of morpholine rings is 4. The molecule has 0 unspecified atom stereocenters. The van der Waals surface area contributed by atoms with E-state index in [4.69, 9.17) is 52.6 Å². The normalized spacial score (nSPS) is 22.0. The van der Waals surface area contributed by atoms with E-state index in [-0.39, 0.29) is 36.3 Å². The van der Waals surface area contributed by atoms with Crippen LogP contribution in [0.1, 0.15) is 125 Å². The van der Waals surface area contributed by atoms with E-state index < -0.39 is 11.9 Å². The summed E-state index contributed by atoms with van der Waals surface area (Å²) in [6.45, 7) is 19.7. The summed E-state index contributed by atoms with van der Waals surface area (Å²) >= 11 is 0. The molecule has 9 aliphatic rings. The zero-order valence-corrected chi connectivity index (χ0v) is 77.4. The van der Waals surface area contributed by atoms with Crippen LogP contribution in [0.3, 0.4) is 0 Å². The third kappa shape index (κ3) is 25.2. The van der Waals surface area contributed by atoms with Crippen LogP contribution in [0.5, 0.6) is 23.0 Å². The number of hydrogen-bond acceptors (Lipinski definition) is 31. The molecule has 0 amide bonds. The lowest BCUT2D eigenvalue weighted by atomic mass is 9.85. The van der Waals surface area contributed by atoms with Crippen molar-refractivity contribution in [2.24, 2.45) is 5.92 Å². The third-order valence-corrected chi connectivity index (χ3v) is 26.9. The highest BCUT2D eigenvalue weighted by molar-refractivity contribution is 5.88. The summed E-state index contributed by atoms with van der Waals surface area (Å²) in [5.74, 6) is 6.93. The molecule has 3 N–H and O–H groups in total. The van der Waals surface area contributed by atoms with Gasteiger partial charge in [-0.05, 0) is 188 Å². The van der Waals surface area contributed by atoms with E-state index in [1.807, 2.05) is 49.1 Å². The Labute approximate surface area is 785 Å². The average Bonchev–Trinajstić information content (AvgIpc) is 0.801. The van der Waals surface area contributed by atoms with Gasteiger partial charge in [0, 0.05) is 219 Å². The highest BCUT2D eigenvalue weighted by atomic mass is 19.4. The molecule has 4 aromatic carbocycles. The van der Waals surface area contributed by atoms with Crippen LogP contribution in [-0.4, -0.2) is 258 Å². The van der Waals surface area contributed by atoms with Crippen LogP contribution < -0.4 is 59.4 Å². The maximum atomic E-state index is 12.9. The van der Waals surface area contributed by atoms with Crippen molar-refractivity contribution in [2.75, 3.05) is 186 Å². The Morgan fingerprint density at radius 1 is 0.363 bits per heavy atom. The smallest absolute Gasteiger partial charge is 0.433 e. The molecule has 0 spiro atoms. The van der Waals surface area contributed by atoms with E-state index in [0.717, 1.165) is 346 Å². The van der Waals surface area contributed by atoms with Crippen molar-refractivity contribution in [2.45, 2.75) is 171 Å². The van der Waals surface area contributed by atoms with E-state index in [2.05, 4.69) is 163 Å². The number of rotatable bonds is 23. The molecule has 13 heterocycles. The molecule has 712 valence electrons. The molecular formula is C101H123F3N22O9. The standard InChI is InChI=1S/C28H37N7O2.C25H31N5O3.C24H26F3N5O2.C24H29N5O2/c1-33-8-10-34(11-9-33)23-19-31-27(32-20-23)16-21-2-4-24(5-3-21)37-26-18-22(35-12-14-36-15-13-35)17-25-28(26)30-7-6-29-25;1-31-17-18-6-7-27-24(14-18)29-19-2-4-21(5-3-19)33-23-16-20(30-10-12-32-13-11-30)15-22-25(23)28-9-8-26-22;25-24(26,27)21-2-1-3-22(31-21)30-16-4-6-18(7-5-16)34-20-15-17(32-10-12-33-13-11-32)14-19-23(20)29-9-8-28-19;1-17-3-2-8-27-24(17)28-18-4-6-20(7-5-18)31-22-16-19(29-11-13-30-14-12-29)15-21-23(22)26-10-9-25-21/h6-7,17-21,24H,2-5,8-16H2,1H3;6-9,14-16,19,21H,2-5,10-13,17H2,1H3,(H,27,29);1-3,8-9,14-16,18H,4-7,10-13H2,(H,30,31);2-3,8-10,15-16,18,20H,4-7,11-14H2,1H3,(H,27,28). The SMILES string of the molecule is CN1CCN(c2cnc(CC3CCC(Oc4cc(N5CCOCC5)cc5nccnc45)CC3)nc2)CC1.COCc1ccnc(NC2CCC(Oc3cc(N4CCOCC4)cc4nccnc34)CC2)c1.Cc1cccnc1NC1CCC(Oc2cc(N3CCOCC3)cc3nccnc23)CC1.FC(F)(F)c1cccc(NC2CCC(Oc3cc(N4CCOCC4)cc4nccnc34)CC2)n1. The minimum atomic E-state index is -4.45. The monoisotopic (exact) mass is 1840 g/mol. The molecule has 5 saturated heterocycles. The number of halogens is 3. The zero-order chi connectivity index (χ0) is 92.1. The summed E-state index contributed by atoms with van der Waals surface area (Å²) in [5, 5.41) is 10.3. The Morgan fingerprint density at radius 2 is 0.741 bits per heavy atom. The van der Waals surface area contributed by atoms with Crippen molar-refractivity contribution in [3.63, 3.8) is 0 Å². The molecule has 9 fully saturated rings. The number of likely N-dealkylation sites (N-methyl/N-ethyl adjacent to an activating group) is 1. The van der Waals surface area contributed by atoms with Gasteiger partial charge in [-0.1, -0.05) is 12.1 Å². The van der Waals surface area contributed by atoms with Crippen molar-refractivity contribution in [3.05, 3.63) is 188 Å². The maximum absolute atomic E-state index is 12.9. The van der Waals surface area contributed by atoms with E-state index in [9.17, 15) is 13.2 Å². The lowest BCUT2D eigenvalue weighted by Crippen LogP contribution is -2.44. The van der Waals surface area contributed by atoms with Gasteiger partial charge in [0.2, 0.25) is 0 Å². The molecule has 4 saturated carbocycles. The number of benzene rings is 4. The molecule has 135 heavy (non-hydrogen) atoms. The number of piperazine rings is 1. The van der Waals surface area contributed by atoms with Gasteiger partial charge in [-0.15, -0.1) is 0 Å². The van der Waals surface area contributed by atoms with Crippen LogP contribution in [0.15, 0.2) is 165 Å². The molecule has 5 aliphatic heterocycles. The highest BCUT2D eigenvalue weighted by Crippen LogP contribution is 2.41. The molecule has 12 aromatic rings. The van der Waals surface area contributed by atoms with Gasteiger partial charge in [-0.3, -0.25) is 19.9 Å². The number of hydrogen-bond donors (Lipinski definition) is 3. The van der Waals surface area contributed by atoms with Gasteiger partial charge in [-0.25, -0.2) is 44.9 Å². The Balaban J connectivity index is 0.000000120. The molecule has 0 bridgehead atoms. The highest BCUT2D eigenvalue weighted by Gasteiger charge is 2.35. The van der Waals surface area contributed by atoms with E-state index >= 15 is 0 Å². The van der Waals surface area contributed by atoms with E-state index in [1.54, 1.807) is 62.8 Å². The summed E-state index contributed by atoms with van der Waals surface area (Å²) in [5.41, 5.74) is 13.6. The van der Waals surface area contributed by atoms with Crippen LogP contribution in [0.25, 0.3) is 44.1 Å². The van der Waals surface area contributed by atoms with Crippen LogP contribution in [0.4, 0.5) is 59.1 Å². The lowest BCUT2D eigenvalue weighted by molar-refractivity contribution is -0.141. The van der Waals surface area contributed by atoms with Crippen molar-refractivity contribution in [1.29, 1.82) is 0 Å². The van der Waals surface area contributed by atoms with Crippen molar-refractivity contribution >= 4 is 90.0 Å². The van der Waals surface area contributed by atoms with Crippen LogP contribution >= 0.6 is 0 Å². The van der Waals surface area contributed by atoms with Crippen LogP contribution in [0, 0.1) is 12.8 Å². The van der Waals surface area contributed by atoms with Gasteiger partial charge in [-0.2, -0.15) is 13.2 Å². The van der Waals surface area contributed by atoms with Gasteiger partial charge in [0.1, 0.15) is 74.0 Å². The van der Waals surface area contributed by atoms with Crippen molar-refractivity contribution in [1.82, 2.24) is 69.7 Å². The Bertz CT molecular complexity index is 5800. The predicted octanol–water partition coefficient (Wildman–Crippen LogP) is 15.7. The number of aromatic nitrogens is 13. The summed E-state index contributed by atoms with van der Waals surface area (Å²) in [4.78, 5) is 72.4. The molecule has 8 aromatic heterocycles. The van der Waals surface area contributed by atoms with Gasteiger partial charge in [0.15, 0.2) is 0 Å². The van der Waals surface area contributed by atoms with E-state index in [0.29, 0.717) is 43.6 Å². The quantitative estimate of drug-likeness (QED) is 0.0536. The predicted molar refractivity (Wildman–Crippen MR) is 516 cm³/mol. The largest absolute Gasteiger partial charge is 0.488 e.